The van der Waals surface area contributed by atoms with Gasteiger partial charge >= 0.3 is 0 Å². The summed E-state index contributed by atoms with van der Waals surface area (Å²) in [5.74, 6) is 0. The van der Waals surface area contributed by atoms with Crippen LogP contribution in [-0.2, 0) is 20.4 Å². The van der Waals surface area contributed by atoms with Gasteiger partial charge in [0.25, 0.3) is 20.4 Å². The van der Waals surface area contributed by atoms with Crippen LogP contribution in [0.3, 0.4) is 0 Å². The third-order valence-electron chi connectivity index (χ3n) is 1.30. The Labute approximate surface area is 91.0 Å². The molecule has 0 aliphatic carbocycles. The molecule has 3 N–H and O–H groups in total. The van der Waals surface area contributed by atoms with E-state index in [0.717, 1.165) is 0 Å². The average molecular weight is 259 g/mol. The Morgan fingerprint density at radius 2 is 1.13 bits per heavy atom. The smallest absolute Gasteiger partial charge is 0.201 e. The van der Waals surface area contributed by atoms with Crippen molar-refractivity contribution in [3.63, 3.8) is 0 Å². The molecule has 15 heavy (non-hydrogen) atoms. The molecule has 0 aromatic heterocycles. The third kappa shape index (κ3) is 7.68. The molecule has 0 radical (unpaired) electrons. The van der Waals surface area contributed by atoms with Crippen molar-refractivity contribution in [1.29, 1.82) is 0 Å². The Hall–Kier alpha value is -0.220. The molecule has 0 saturated carbocycles. The molecule has 0 fully saturated rings. The van der Waals surface area contributed by atoms with E-state index in [1.165, 1.54) is 4.13 Å². The van der Waals surface area contributed by atoms with Crippen LogP contribution in [0.1, 0.15) is 26.7 Å². The van der Waals surface area contributed by atoms with Gasteiger partial charge < -0.3 is 0 Å². The van der Waals surface area contributed by atoms with E-state index < -0.39 is 20.4 Å². The van der Waals surface area contributed by atoms with E-state index >= 15 is 0 Å². The predicted molar refractivity (Wildman–Crippen MR) is 57.6 cm³/mol. The van der Waals surface area contributed by atoms with Gasteiger partial charge in [0, 0.05) is 13.1 Å². The van der Waals surface area contributed by atoms with Crippen LogP contribution in [0.2, 0.25) is 0 Å². The highest BCUT2D eigenvalue weighted by atomic mass is 32.3. The molecule has 7 nitrogen and oxygen atoms in total. The van der Waals surface area contributed by atoms with E-state index in [1.54, 1.807) is 13.8 Å². The van der Waals surface area contributed by atoms with Crippen LogP contribution >= 0.6 is 0 Å². The summed E-state index contributed by atoms with van der Waals surface area (Å²) < 4.78 is 50.2. The van der Waals surface area contributed by atoms with E-state index in [2.05, 4.69) is 9.44 Å². The summed E-state index contributed by atoms with van der Waals surface area (Å²) in [5.41, 5.74) is 0. The lowest BCUT2D eigenvalue weighted by atomic mass is 10.5. The molecule has 0 aromatic rings. The van der Waals surface area contributed by atoms with Crippen molar-refractivity contribution in [1.82, 2.24) is 13.6 Å². The van der Waals surface area contributed by atoms with Crippen molar-refractivity contribution < 1.29 is 16.8 Å². The van der Waals surface area contributed by atoms with Gasteiger partial charge in [0.1, 0.15) is 0 Å². The highest BCUT2D eigenvalue weighted by molar-refractivity contribution is 8.02. The summed E-state index contributed by atoms with van der Waals surface area (Å²) in [6.45, 7) is 3.93. The lowest BCUT2D eigenvalue weighted by molar-refractivity contribution is 0.560. The first-order valence-corrected chi connectivity index (χ1v) is 7.57. The zero-order valence-corrected chi connectivity index (χ0v) is 10.4. The fraction of sp³-hybridized carbons (Fsp3) is 1.00. The molecule has 0 aliphatic rings. The summed E-state index contributed by atoms with van der Waals surface area (Å²) in [6, 6.07) is 0. The maximum absolute atomic E-state index is 11.1. The molecule has 9 heteroatoms. The summed E-state index contributed by atoms with van der Waals surface area (Å²) in [5, 5.41) is 0. The minimum atomic E-state index is -3.98. The lowest BCUT2D eigenvalue weighted by Gasteiger charge is -2.08. The van der Waals surface area contributed by atoms with Crippen LogP contribution in [0.5, 0.6) is 0 Å². The van der Waals surface area contributed by atoms with Gasteiger partial charge in [-0.2, -0.15) is 16.8 Å². The molecular formula is C6H17N3O4S2. The van der Waals surface area contributed by atoms with Gasteiger partial charge in [-0.15, -0.1) is 0 Å². The van der Waals surface area contributed by atoms with Gasteiger partial charge in [0.15, 0.2) is 0 Å². The minimum absolute atomic E-state index is 0.193. The summed E-state index contributed by atoms with van der Waals surface area (Å²) in [4.78, 5) is 0. The summed E-state index contributed by atoms with van der Waals surface area (Å²) >= 11 is 0. The first kappa shape index (κ1) is 14.8. The van der Waals surface area contributed by atoms with E-state index in [1.807, 2.05) is 0 Å². The van der Waals surface area contributed by atoms with Crippen molar-refractivity contribution in [2.75, 3.05) is 13.1 Å². The molecule has 0 saturated heterocycles. The molecule has 0 spiro atoms. The van der Waals surface area contributed by atoms with Gasteiger partial charge in [-0.1, -0.05) is 18.0 Å². The Kier molecular flexibility index (Phi) is 6.29. The van der Waals surface area contributed by atoms with Gasteiger partial charge in [-0.05, 0) is 12.8 Å². The molecule has 0 atom stereocenters. The first-order chi connectivity index (χ1) is 6.83. The Morgan fingerprint density at radius 1 is 0.800 bits per heavy atom. The first-order valence-electron chi connectivity index (χ1n) is 4.60. The standard InChI is InChI=1S/C6H17N3O4S2/c1-3-5-7-14(10,11)9-15(12,13)8-6-4-2/h7-9H,3-6H2,1-2H3. The highest BCUT2D eigenvalue weighted by Gasteiger charge is 2.18. The Bertz CT molecular complexity index is 326. The second-order valence-corrected chi connectivity index (χ2v) is 6.14. The van der Waals surface area contributed by atoms with Gasteiger partial charge in [-0.3, -0.25) is 0 Å². The molecular weight excluding hydrogens is 242 g/mol. The normalized spacial score (nSPS) is 12.9. The number of hydrogen-bond donors (Lipinski definition) is 3. The second-order valence-electron chi connectivity index (χ2n) is 2.88. The van der Waals surface area contributed by atoms with Crippen LogP contribution in [0.4, 0.5) is 0 Å². The van der Waals surface area contributed by atoms with E-state index in [9.17, 15) is 16.8 Å². The van der Waals surface area contributed by atoms with Crippen molar-refractivity contribution in [2.45, 2.75) is 26.7 Å². The van der Waals surface area contributed by atoms with Crippen LogP contribution < -0.4 is 13.6 Å². The van der Waals surface area contributed by atoms with Crippen LogP contribution in [0.15, 0.2) is 0 Å². The van der Waals surface area contributed by atoms with E-state index in [0.29, 0.717) is 12.8 Å². The monoisotopic (exact) mass is 259 g/mol. The molecule has 0 unspecified atom stereocenters. The molecule has 0 bridgehead atoms. The fourth-order valence-corrected chi connectivity index (χ4v) is 3.25. The Balaban J connectivity index is 4.32. The molecule has 92 valence electrons. The molecule has 0 aliphatic heterocycles. The van der Waals surface area contributed by atoms with E-state index in [4.69, 9.17) is 0 Å². The summed E-state index contributed by atoms with van der Waals surface area (Å²) in [6.07, 6.45) is 1.17. The summed E-state index contributed by atoms with van der Waals surface area (Å²) in [7, 11) is -7.96. The number of hydrogen-bond acceptors (Lipinski definition) is 4. The predicted octanol–water partition coefficient (Wildman–Crippen LogP) is -0.935. The maximum atomic E-state index is 11.1. The maximum Gasteiger partial charge on any atom is 0.291 e. The van der Waals surface area contributed by atoms with Crippen molar-refractivity contribution >= 4 is 20.4 Å². The van der Waals surface area contributed by atoms with Crippen molar-refractivity contribution in [3.05, 3.63) is 0 Å². The molecule has 0 heterocycles. The van der Waals surface area contributed by atoms with Crippen molar-refractivity contribution in [3.8, 4) is 0 Å². The molecule has 0 aromatic carbocycles. The van der Waals surface area contributed by atoms with E-state index in [-0.39, 0.29) is 13.1 Å². The van der Waals surface area contributed by atoms with Crippen LogP contribution in [0.25, 0.3) is 0 Å². The van der Waals surface area contributed by atoms with Crippen molar-refractivity contribution in [2.24, 2.45) is 0 Å². The zero-order valence-electron chi connectivity index (χ0n) is 8.78. The Morgan fingerprint density at radius 3 is 1.40 bits per heavy atom. The SMILES string of the molecule is CCCNS(=O)(=O)NS(=O)(=O)NCCC. The van der Waals surface area contributed by atoms with Crippen LogP contribution in [0, 0.1) is 0 Å². The van der Waals surface area contributed by atoms with Crippen LogP contribution in [-0.4, -0.2) is 29.9 Å². The van der Waals surface area contributed by atoms with Gasteiger partial charge in [-0.25, -0.2) is 9.44 Å². The largest absolute Gasteiger partial charge is 0.291 e. The highest BCUT2D eigenvalue weighted by Crippen LogP contribution is 1.85. The quantitative estimate of drug-likeness (QED) is 0.523. The lowest BCUT2D eigenvalue weighted by Crippen LogP contribution is -2.46. The number of nitrogens with one attached hydrogen (secondary N) is 3. The second kappa shape index (κ2) is 6.38. The molecule has 0 rings (SSSR count). The van der Waals surface area contributed by atoms with Gasteiger partial charge in [0.05, 0.1) is 0 Å². The number of rotatable bonds is 8. The minimum Gasteiger partial charge on any atom is -0.201 e. The van der Waals surface area contributed by atoms with Gasteiger partial charge in [0.2, 0.25) is 0 Å². The fourth-order valence-electron chi connectivity index (χ4n) is 0.676. The molecule has 0 amide bonds. The topological polar surface area (TPSA) is 104 Å². The third-order valence-corrected chi connectivity index (χ3v) is 4.23. The zero-order chi connectivity index (χ0) is 11.9. The average Bonchev–Trinajstić information content (AvgIpc) is 2.10.